The summed E-state index contributed by atoms with van der Waals surface area (Å²) in [7, 11) is 1.48. The third-order valence-electron chi connectivity index (χ3n) is 6.19. The van der Waals surface area contributed by atoms with Crippen LogP contribution in [0.1, 0.15) is 78.7 Å². The molecule has 2 aromatic rings. The molecule has 1 saturated carbocycles. The van der Waals surface area contributed by atoms with Gasteiger partial charge in [-0.05, 0) is 90.8 Å². The third-order valence-corrected chi connectivity index (χ3v) is 6.19. The van der Waals surface area contributed by atoms with Gasteiger partial charge in [0.25, 0.3) is 0 Å². The number of rotatable bonds is 9. The monoisotopic (exact) mass is 390 g/mol. The summed E-state index contributed by atoms with van der Waals surface area (Å²) in [6.45, 7) is 10.4. The Morgan fingerprint density at radius 2 is 1.93 bits per heavy atom. The zero-order valence-corrected chi connectivity index (χ0v) is 18.4. The molecule has 0 N–H and O–H groups in total. The number of esters is 1. The van der Waals surface area contributed by atoms with Gasteiger partial charge in [0.15, 0.2) is 0 Å². The van der Waals surface area contributed by atoms with Gasteiger partial charge in [-0.1, -0.05) is 49.8 Å². The van der Waals surface area contributed by atoms with Crippen LogP contribution in [0.5, 0.6) is 0 Å². The smallest absolute Gasteiger partial charge is 0.313 e. The van der Waals surface area contributed by atoms with Crippen LogP contribution >= 0.6 is 0 Å². The van der Waals surface area contributed by atoms with Crippen LogP contribution in [0.2, 0.25) is 0 Å². The molecule has 2 aromatic carbocycles. The van der Waals surface area contributed by atoms with Crippen LogP contribution in [-0.4, -0.2) is 13.1 Å². The lowest BCUT2D eigenvalue weighted by Gasteiger charge is -2.24. The summed E-state index contributed by atoms with van der Waals surface area (Å²) in [5.41, 5.74) is 8.90. The summed E-state index contributed by atoms with van der Waals surface area (Å²) >= 11 is 0. The first-order chi connectivity index (χ1) is 14.0. The Labute approximate surface area is 176 Å². The largest absolute Gasteiger partial charge is 0.469 e. The van der Waals surface area contributed by atoms with Crippen molar-refractivity contribution in [1.29, 1.82) is 0 Å². The van der Waals surface area contributed by atoms with Crippen molar-refractivity contribution < 1.29 is 9.53 Å². The van der Waals surface area contributed by atoms with Crippen molar-refractivity contribution in [2.45, 2.75) is 71.1 Å². The molecule has 2 heteroatoms. The highest BCUT2D eigenvalue weighted by Crippen LogP contribution is 2.48. The van der Waals surface area contributed by atoms with Gasteiger partial charge in [-0.2, -0.15) is 0 Å². The average molecular weight is 391 g/mol. The van der Waals surface area contributed by atoms with Crippen LogP contribution in [0.15, 0.2) is 43.0 Å². The second-order valence-corrected chi connectivity index (χ2v) is 8.38. The van der Waals surface area contributed by atoms with Gasteiger partial charge in [0.2, 0.25) is 0 Å². The second-order valence-electron chi connectivity index (χ2n) is 8.38. The number of benzene rings is 2. The second kappa shape index (κ2) is 9.43. The molecule has 1 aliphatic carbocycles. The van der Waals surface area contributed by atoms with E-state index < -0.39 is 0 Å². The molecule has 1 aliphatic rings. The van der Waals surface area contributed by atoms with E-state index in [9.17, 15) is 4.79 Å². The number of aryl methyl sites for hydroxylation is 3. The molecule has 154 valence electrons. The first-order valence-corrected chi connectivity index (χ1v) is 10.9. The first kappa shape index (κ1) is 21.4. The normalized spacial score (nSPS) is 14.5. The van der Waals surface area contributed by atoms with E-state index in [0.717, 1.165) is 17.5 Å². The standard InChI is InChI=1S/C27H34O2/c1-6-8-10-21-17-22(13-11-18(21)3)26-23(20-14-15-20)16-12-19(4)25(26)24(9-7-2)27(28)29-5/h7,11-13,16-17,20,24H,2,6,8-10,14-15H2,1,3-5H3. The molecule has 0 spiro atoms. The maximum Gasteiger partial charge on any atom is 0.313 e. The van der Waals surface area contributed by atoms with Crippen LogP contribution in [-0.2, 0) is 16.0 Å². The summed E-state index contributed by atoms with van der Waals surface area (Å²) in [5, 5.41) is 0. The van der Waals surface area contributed by atoms with E-state index in [1.54, 1.807) is 0 Å². The van der Waals surface area contributed by atoms with Crippen LogP contribution in [0.25, 0.3) is 11.1 Å². The Morgan fingerprint density at radius 3 is 2.55 bits per heavy atom. The van der Waals surface area contributed by atoms with Crippen LogP contribution in [0.3, 0.4) is 0 Å². The molecule has 0 bridgehead atoms. The Hall–Kier alpha value is -2.35. The Bertz CT molecular complexity index is 890. The van der Waals surface area contributed by atoms with Gasteiger partial charge in [-0.25, -0.2) is 0 Å². The summed E-state index contributed by atoms with van der Waals surface area (Å²) < 4.78 is 5.19. The highest BCUT2D eigenvalue weighted by molar-refractivity contribution is 5.85. The zero-order valence-electron chi connectivity index (χ0n) is 18.4. The summed E-state index contributed by atoms with van der Waals surface area (Å²) in [6.07, 6.45) is 8.36. The van der Waals surface area contributed by atoms with E-state index in [1.807, 2.05) is 6.08 Å². The van der Waals surface area contributed by atoms with E-state index in [0.29, 0.717) is 12.3 Å². The Kier molecular flexibility index (Phi) is 6.95. The summed E-state index contributed by atoms with van der Waals surface area (Å²) in [6, 6.07) is 11.3. The van der Waals surface area contributed by atoms with E-state index in [-0.39, 0.29) is 11.9 Å². The predicted molar refractivity (Wildman–Crippen MR) is 122 cm³/mol. The molecule has 3 rings (SSSR count). The molecule has 0 amide bonds. The van der Waals surface area contributed by atoms with E-state index >= 15 is 0 Å². The van der Waals surface area contributed by atoms with Crippen LogP contribution in [0.4, 0.5) is 0 Å². The van der Waals surface area contributed by atoms with Crippen LogP contribution in [0, 0.1) is 13.8 Å². The van der Waals surface area contributed by atoms with Crippen LogP contribution < -0.4 is 0 Å². The predicted octanol–water partition coefficient (Wildman–Crippen LogP) is 7.02. The zero-order chi connectivity index (χ0) is 21.0. The first-order valence-electron chi connectivity index (χ1n) is 10.9. The van der Waals surface area contributed by atoms with Crippen molar-refractivity contribution in [2.75, 3.05) is 7.11 Å². The van der Waals surface area contributed by atoms with Gasteiger partial charge in [-0.3, -0.25) is 4.79 Å². The fourth-order valence-electron chi connectivity index (χ4n) is 4.35. The molecule has 0 heterocycles. The van der Waals surface area contributed by atoms with Gasteiger partial charge in [0.05, 0.1) is 13.0 Å². The number of hydrogen-bond donors (Lipinski definition) is 0. The Balaban J connectivity index is 2.22. The van der Waals surface area contributed by atoms with Crippen molar-refractivity contribution in [2.24, 2.45) is 0 Å². The number of hydrogen-bond acceptors (Lipinski definition) is 2. The molecule has 0 saturated heterocycles. The van der Waals surface area contributed by atoms with E-state index in [2.05, 4.69) is 57.7 Å². The third kappa shape index (κ3) is 4.63. The minimum Gasteiger partial charge on any atom is -0.469 e. The number of methoxy groups -OCH3 is 1. The van der Waals surface area contributed by atoms with Gasteiger partial charge in [0.1, 0.15) is 0 Å². The number of carbonyl (C=O) groups excluding carboxylic acids is 1. The summed E-state index contributed by atoms with van der Waals surface area (Å²) in [5.74, 6) is 0.110. The lowest BCUT2D eigenvalue weighted by Crippen LogP contribution is -2.17. The molecule has 1 atom stereocenters. The van der Waals surface area contributed by atoms with Gasteiger partial charge >= 0.3 is 5.97 Å². The number of unbranched alkanes of at least 4 members (excludes halogenated alkanes) is 1. The van der Waals surface area contributed by atoms with Gasteiger partial charge in [-0.15, -0.1) is 6.58 Å². The average Bonchev–Trinajstić information content (AvgIpc) is 3.56. The quantitative estimate of drug-likeness (QED) is 0.339. The topological polar surface area (TPSA) is 26.3 Å². The minimum absolute atomic E-state index is 0.180. The lowest BCUT2D eigenvalue weighted by atomic mass is 9.81. The van der Waals surface area contributed by atoms with Gasteiger partial charge in [0, 0.05) is 0 Å². The maximum atomic E-state index is 12.7. The molecule has 2 nitrogen and oxygen atoms in total. The molecule has 0 aromatic heterocycles. The minimum atomic E-state index is -0.313. The number of carbonyl (C=O) groups is 1. The van der Waals surface area contributed by atoms with Crippen molar-refractivity contribution in [3.8, 4) is 11.1 Å². The molecule has 0 aliphatic heterocycles. The van der Waals surface area contributed by atoms with Crippen molar-refractivity contribution in [1.82, 2.24) is 0 Å². The van der Waals surface area contributed by atoms with Crippen molar-refractivity contribution >= 4 is 5.97 Å². The SMILES string of the molecule is C=CCC(C(=O)OC)c1c(C)ccc(C2CC2)c1-c1ccc(C)c(CCCC)c1. The maximum absolute atomic E-state index is 12.7. The van der Waals surface area contributed by atoms with E-state index in [1.165, 1.54) is 60.6 Å². The van der Waals surface area contributed by atoms with Gasteiger partial charge < -0.3 is 4.74 Å². The lowest BCUT2D eigenvalue weighted by molar-refractivity contribution is -0.142. The van der Waals surface area contributed by atoms with Crippen molar-refractivity contribution in [3.05, 3.63) is 70.8 Å². The summed E-state index contributed by atoms with van der Waals surface area (Å²) in [4.78, 5) is 12.7. The van der Waals surface area contributed by atoms with Crippen molar-refractivity contribution in [3.63, 3.8) is 0 Å². The fourth-order valence-corrected chi connectivity index (χ4v) is 4.35. The number of ether oxygens (including phenoxy) is 1. The molecule has 0 radical (unpaired) electrons. The van der Waals surface area contributed by atoms with E-state index in [4.69, 9.17) is 4.74 Å². The number of allylic oxidation sites excluding steroid dienone is 1. The molecule has 29 heavy (non-hydrogen) atoms. The Morgan fingerprint density at radius 1 is 1.21 bits per heavy atom. The molecular weight excluding hydrogens is 356 g/mol. The fraction of sp³-hybridized carbons (Fsp3) is 0.444. The highest BCUT2D eigenvalue weighted by Gasteiger charge is 2.32. The highest BCUT2D eigenvalue weighted by atomic mass is 16.5. The molecule has 1 unspecified atom stereocenters. The molecule has 1 fully saturated rings. The molecular formula is C27H34O2.